The minimum absolute atomic E-state index is 0.0795. The van der Waals surface area contributed by atoms with Crippen LogP contribution in [0.2, 0.25) is 0 Å². The molecule has 0 saturated carbocycles. The van der Waals surface area contributed by atoms with Gasteiger partial charge in [-0.2, -0.15) is 0 Å². The number of hydrogen-bond acceptors (Lipinski definition) is 7. The van der Waals surface area contributed by atoms with Gasteiger partial charge in [0.2, 0.25) is 5.91 Å². The molecule has 0 saturated heterocycles. The van der Waals surface area contributed by atoms with E-state index in [4.69, 9.17) is 4.74 Å². The molecule has 1 aromatic heterocycles. The third-order valence-electron chi connectivity index (χ3n) is 6.66. The molecule has 11 heteroatoms. The highest BCUT2D eigenvalue weighted by Crippen LogP contribution is 2.29. The van der Waals surface area contributed by atoms with Gasteiger partial charge < -0.3 is 20.7 Å². The molecule has 238 valence electrons. The van der Waals surface area contributed by atoms with E-state index in [0.717, 1.165) is 31.9 Å². The number of ether oxygens (including phenoxy) is 1. The number of carbonyl (C=O) groups excluding carboxylic acids is 3. The van der Waals surface area contributed by atoms with Gasteiger partial charge in [-0.15, -0.1) is 23.1 Å². The SMILES string of the molecule is CCOc1ccc(-c2csc(NC(=O)C(C)Sc3cccc(NC(=O)/C(=C\c4cccc(Br)c4)NC(=O)c4ccccc4)c3)n2)cc1. The first-order valence-corrected chi connectivity index (χ1v) is 17.2. The van der Waals surface area contributed by atoms with E-state index in [0.29, 0.717) is 23.0 Å². The quantitative estimate of drug-likeness (QED) is 0.0879. The number of hydrogen-bond donors (Lipinski definition) is 3. The van der Waals surface area contributed by atoms with Crippen LogP contribution in [0.15, 0.2) is 124 Å². The van der Waals surface area contributed by atoms with Gasteiger partial charge in [0, 0.05) is 31.6 Å². The van der Waals surface area contributed by atoms with Crippen molar-refractivity contribution in [1.82, 2.24) is 10.3 Å². The predicted molar refractivity (Wildman–Crippen MR) is 194 cm³/mol. The van der Waals surface area contributed by atoms with Crippen molar-refractivity contribution in [1.29, 1.82) is 0 Å². The Hall–Kier alpha value is -4.71. The lowest BCUT2D eigenvalue weighted by molar-refractivity contribution is -0.115. The van der Waals surface area contributed by atoms with Crippen LogP contribution < -0.4 is 20.7 Å². The van der Waals surface area contributed by atoms with E-state index < -0.39 is 17.1 Å². The van der Waals surface area contributed by atoms with E-state index in [1.165, 1.54) is 23.1 Å². The number of benzene rings is 4. The molecule has 1 atom stereocenters. The molecule has 1 heterocycles. The minimum Gasteiger partial charge on any atom is -0.494 e. The van der Waals surface area contributed by atoms with Crippen LogP contribution >= 0.6 is 39.0 Å². The molecular weight excluding hydrogens is 696 g/mol. The maximum atomic E-state index is 13.5. The van der Waals surface area contributed by atoms with E-state index >= 15 is 0 Å². The fraction of sp³-hybridized carbons (Fsp3) is 0.111. The molecule has 3 N–H and O–H groups in total. The van der Waals surface area contributed by atoms with Crippen LogP contribution in [0.5, 0.6) is 5.75 Å². The third kappa shape index (κ3) is 9.65. The van der Waals surface area contributed by atoms with Crippen LogP contribution in [0.3, 0.4) is 0 Å². The Morgan fingerprint density at radius 2 is 1.70 bits per heavy atom. The molecule has 0 aliphatic rings. The van der Waals surface area contributed by atoms with Gasteiger partial charge in [0.05, 0.1) is 17.6 Å². The molecule has 0 spiro atoms. The van der Waals surface area contributed by atoms with Gasteiger partial charge in [0.1, 0.15) is 11.4 Å². The molecule has 0 aliphatic heterocycles. The maximum Gasteiger partial charge on any atom is 0.272 e. The Balaban J connectivity index is 1.23. The Kier molecular flexibility index (Phi) is 11.6. The first-order chi connectivity index (χ1) is 22.8. The van der Waals surface area contributed by atoms with Gasteiger partial charge in [-0.25, -0.2) is 4.98 Å². The largest absolute Gasteiger partial charge is 0.494 e. The molecule has 5 rings (SSSR count). The summed E-state index contributed by atoms with van der Waals surface area (Å²) in [5.74, 6) is -0.297. The average Bonchev–Trinajstić information content (AvgIpc) is 3.54. The van der Waals surface area contributed by atoms with Gasteiger partial charge in [-0.1, -0.05) is 52.3 Å². The van der Waals surface area contributed by atoms with Gasteiger partial charge >= 0.3 is 0 Å². The summed E-state index contributed by atoms with van der Waals surface area (Å²) in [5, 5.41) is 10.5. The third-order valence-corrected chi connectivity index (χ3v) is 9.00. The molecule has 5 aromatic rings. The Bertz CT molecular complexity index is 1890. The lowest BCUT2D eigenvalue weighted by Crippen LogP contribution is -2.30. The van der Waals surface area contributed by atoms with Crippen molar-refractivity contribution >= 4 is 73.6 Å². The number of amides is 3. The number of nitrogens with zero attached hydrogens (tertiary/aromatic N) is 1. The summed E-state index contributed by atoms with van der Waals surface area (Å²) >= 11 is 6.16. The number of carbonyl (C=O) groups is 3. The second-order valence-electron chi connectivity index (χ2n) is 10.2. The molecule has 0 bridgehead atoms. The molecule has 4 aromatic carbocycles. The van der Waals surface area contributed by atoms with Crippen LogP contribution in [-0.4, -0.2) is 34.6 Å². The number of anilines is 2. The highest BCUT2D eigenvalue weighted by molar-refractivity contribution is 9.10. The Morgan fingerprint density at radius 1 is 0.936 bits per heavy atom. The van der Waals surface area contributed by atoms with Crippen molar-refractivity contribution < 1.29 is 19.1 Å². The molecular formula is C36H31BrN4O4S2. The van der Waals surface area contributed by atoms with Crippen LogP contribution in [0.25, 0.3) is 17.3 Å². The number of thiazole rings is 1. The zero-order valence-corrected chi connectivity index (χ0v) is 28.7. The Morgan fingerprint density at radius 3 is 2.45 bits per heavy atom. The van der Waals surface area contributed by atoms with Crippen molar-refractivity contribution in [2.45, 2.75) is 24.0 Å². The topological polar surface area (TPSA) is 109 Å². The lowest BCUT2D eigenvalue weighted by atomic mass is 10.1. The smallest absolute Gasteiger partial charge is 0.272 e. The maximum absolute atomic E-state index is 13.5. The van der Waals surface area contributed by atoms with Crippen molar-refractivity contribution in [3.8, 4) is 17.0 Å². The van der Waals surface area contributed by atoms with Crippen molar-refractivity contribution in [3.63, 3.8) is 0 Å². The zero-order chi connectivity index (χ0) is 33.2. The molecule has 8 nitrogen and oxygen atoms in total. The molecule has 47 heavy (non-hydrogen) atoms. The average molecular weight is 728 g/mol. The first kappa shape index (κ1) is 33.6. The van der Waals surface area contributed by atoms with E-state index in [2.05, 4.69) is 36.9 Å². The van der Waals surface area contributed by atoms with Crippen LogP contribution in [0.1, 0.15) is 29.8 Å². The van der Waals surface area contributed by atoms with Crippen molar-refractivity contribution in [2.24, 2.45) is 0 Å². The van der Waals surface area contributed by atoms with Gasteiger partial charge in [-0.05, 0) is 92.2 Å². The number of nitrogens with one attached hydrogen (secondary N) is 3. The van der Waals surface area contributed by atoms with Crippen molar-refractivity contribution in [3.05, 3.63) is 130 Å². The highest BCUT2D eigenvalue weighted by atomic mass is 79.9. The summed E-state index contributed by atoms with van der Waals surface area (Å²) in [6.07, 6.45) is 1.62. The fourth-order valence-corrected chi connectivity index (χ4v) is 6.43. The van der Waals surface area contributed by atoms with Gasteiger partial charge in [-0.3, -0.25) is 14.4 Å². The Labute approximate surface area is 289 Å². The fourth-order valence-electron chi connectivity index (χ4n) is 4.37. The predicted octanol–water partition coefficient (Wildman–Crippen LogP) is 8.50. The van der Waals surface area contributed by atoms with E-state index in [-0.39, 0.29) is 11.6 Å². The molecule has 0 aliphatic carbocycles. The first-order valence-electron chi connectivity index (χ1n) is 14.7. The number of rotatable bonds is 12. The standard InChI is InChI=1S/C36H31BrN4O4S2/c1-3-45-29-17-15-25(16-18-29)32-22-46-36(40-32)41-33(42)23(2)47-30-14-8-13-28(21-30)38-35(44)31(20-24-9-7-12-27(37)19-24)39-34(43)26-10-5-4-6-11-26/h4-23H,3H2,1-2H3,(H,38,44)(H,39,43)(H,40,41,42)/b31-20+. The molecule has 1 unspecified atom stereocenters. The number of thioether (sulfide) groups is 1. The van der Waals surface area contributed by atoms with Crippen LogP contribution in [-0.2, 0) is 9.59 Å². The molecule has 0 fully saturated rings. The summed E-state index contributed by atoms with van der Waals surface area (Å²) in [4.78, 5) is 44.8. The lowest BCUT2D eigenvalue weighted by Gasteiger charge is -2.14. The summed E-state index contributed by atoms with van der Waals surface area (Å²) in [5.41, 5.74) is 3.45. The van der Waals surface area contributed by atoms with E-state index in [1.54, 1.807) is 48.5 Å². The van der Waals surface area contributed by atoms with Crippen LogP contribution in [0, 0.1) is 0 Å². The number of aromatic nitrogens is 1. The van der Waals surface area contributed by atoms with Crippen LogP contribution in [0.4, 0.5) is 10.8 Å². The second-order valence-corrected chi connectivity index (χ2v) is 13.3. The summed E-state index contributed by atoms with van der Waals surface area (Å²) in [7, 11) is 0. The van der Waals surface area contributed by atoms with Gasteiger partial charge in [0.25, 0.3) is 11.8 Å². The summed E-state index contributed by atoms with van der Waals surface area (Å²) in [6.45, 7) is 4.35. The number of halogens is 1. The normalized spacial score (nSPS) is 11.8. The molecule has 3 amide bonds. The van der Waals surface area contributed by atoms with Crippen molar-refractivity contribution in [2.75, 3.05) is 17.2 Å². The highest BCUT2D eigenvalue weighted by Gasteiger charge is 2.18. The second kappa shape index (κ2) is 16.2. The van der Waals surface area contributed by atoms with Gasteiger partial charge in [0.15, 0.2) is 5.13 Å². The summed E-state index contributed by atoms with van der Waals surface area (Å²) in [6, 6.07) is 31.0. The van der Waals surface area contributed by atoms with E-state index in [9.17, 15) is 14.4 Å². The molecule has 0 radical (unpaired) electrons. The zero-order valence-electron chi connectivity index (χ0n) is 25.5. The summed E-state index contributed by atoms with van der Waals surface area (Å²) < 4.78 is 6.34. The van der Waals surface area contributed by atoms with E-state index in [1.807, 2.05) is 79.9 Å². The monoisotopic (exact) mass is 726 g/mol. The minimum atomic E-state index is -0.491.